The molecule has 0 aliphatic heterocycles. The standard InChI is InChI=1S/C10H11ClFNO3/c1-13(10(14)15)4-5-16-9-3-2-7(11)6-8(9)12/h2-3,6H,4-5H2,1H3,(H,14,15). The molecule has 0 radical (unpaired) electrons. The first kappa shape index (κ1) is 12.6. The van der Waals surface area contributed by atoms with Crippen LogP contribution in [-0.4, -0.2) is 36.3 Å². The summed E-state index contributed by atoms with van der Waals surface area (Å²) in [7, 11) is 1.41. The summed E-state index contributed by atoms with van der Waals surface area (Å²) in [4.78, 5) is 11.5. The Bertz CT molecular complexity index is 386. The molecule has 0 fully saturated rings. The first-order valence-corrected chi connectivity index (χ1v) is 4.90. The van der Waals surface area contributed by atoms with Crippen molar-refractivity contribution in [3.05, 3.63) is 29.0 Å². The first-order valence-electron chi connectivity index (χ1n) is 4.52. The molecule has 88 valence electrons. The number of nitrogens with zero attached hydrogens (tertiary/aromatic N) is 1. The lowest BCUT2D eigenvalue weighted by molar-refractivity contribution is 0.146. The van der Waals surface area contributed by atoms with E-state index in [0.29, 0.717) is 0 Å². The first-order chi connectivity index (χ1) is 7.50. The Morgan fingerprint density at radius 2 is 2.31 bits per heavy atom. The zero-order valence-corrected chi connectivity index (χ0v) is 9.37. The quantitative estimate of drug-likeness (QED) is 0.889. The van der Waals surface area contributed by atoms with E-state index in [1.165, 1.54) is 19.2 Å². The van der Waals surface area contributed by atoms with Crippen LogP contribution in [0.2, 0.25) is 5.02 Å². The van der Waals surface area contributed by atoms with Crippen molar-refractivity contribution in [2.24, 2.45) is 0 Å². The van der Waals surface area contributed by atoms with Gasteiger partial charge in [-0.05, 0) is 18.2 Å². The Morgan fingerprint density at radius 3 is 2.88 bits per heavy atom. The molecule has 0 heterocycles. The summed E-state index contributed by atoms with van der Waals surface area (Å²) in [6, 6.07) is 4.04. The van der Waals surface area contributed by atoms with Gasteiger partial charge < -0.3 is 14.7 Å². The van der Waals surface area contributed by atoms with E-state index in [1.54, 1.807) is 0 Å². The summed E-state index contributed by atoms with van der Waals surface area (Å²) in [6.45, 7) is 0.249. The van der Waals surface area contributed by atoms with Crippen molar-refractivity contribution in [1.82, 2.24) is 4.90 Å². The van der Waals surface area contributed by atoms with Gasteiger partial charge in [0.25, 0.3) is 0 Å². The predicted molar refractivity (Wildman–Crippen MR) is 57.6 cm³/mol. The fraction of sp³-hybridized carbons (Fsp3) is 0.300. The third kappa shape index (κ3) is 3.58. The molecule has 0 unspecified atom stereocenters. The minimum Gasteiger partial charge on any atom is -0.489 e. The summed E-state index contributed by atoms with van der Waals surface area (Å²) < 4.78 is 18.3. The highest BCUT2D eigenvalue weighted by Gasteiger charge is 2.07. The van der Waals surface area contributed by atoms with Crippen LogP contribution < -0.4 is 4.74 Å². The molecule has 4 nitrogen and oxygen atoms in total. The van der Waals surface area contributed by atoms with Crippen molar-refractivity contribution in [2.45, 2.75) is 0 Å². The van der Waals surface area contributed by atoms with Crippen LogP contribution in [0.25, 0.3) is 0 Å². The SMILES string of the molecule is CN(CCOc1ccc(Cl)cc1F)C(=O)O. The lowest BCUT2D eigenvalue weighted by Crippen LogP contribution is -2.29. The van der Waals surface area contributed by atoms with Crippen LogP contribution in [0.15, 0.2) is 18.2 Å². The van der Waals surface area contributed by atoms with Crippen LogP contribution in [0, 0.1) is 5.82 Å². The van der Waals surface area contributed by atoms with Crippen molar-refractivity contribution in [3.63, 3.8) is 0 Å². The van der Waals surface area contributed by atoms with E-state index in [1.807, 2.05) is 0 Å². The zero-order valence-electron chi connectivity index (χ0n) is 8.61. The molecule has 0 saturated heterocycles. The van der Waals surface area contributed by atoms with Gasteiger partial charge in [-0.2, -0.15) is 0 Å². The topological polar surface area (TPSA) is 49.8 Å². The average molecular weight is 248 g/mol. The summed E-state index contributed by atoms with van der Waals surface area (Å²) in [6.07, 6.45) is -1.06. The smallest absolute Gasteiger partial charge is 0.407 e. The third-order valence-corrected chi connectivity index (χ3v) is 2.14. The van der Waals surface area contributed by atoms with Gasteiger partial charge in [-0.1, -0.05) is 11.6 Å². The molecule has 16 heavy (non-hydrogen) atoms. The van der Waals surface area contributed by atoms with Crippen LogP contribution >= 0.6 is 11.6 Å². The maximum Gasteiger partial charge on any atom is 0.407 e. The third-order valence-electron chi connectivity index (χ3n) is 1.90. The van der Waals surface area contributed by atoms with Gasteiger partial charge in [0.2, 0.25) is 0 Å². The Kier molecular flexibility index (Phi) is 4.37. The van der Waals surface area contributed by atoms with E-state index in [2.05, 4.69) is 0 Å². The molecule has 0 atom stereocenters. The fourth-order valence-electron chi connectivity index (χ4n) is 0.980. The predicted octanol–water partition coefficient (Wildman–Crippen LogP) is 2.47. The number of hydrogen-bond donors (Lipinski definition) is 1. The molecule has 0 aromatic heterocycles. The monoisotopic (exact) mass is 247 g/mol. The number of amides is 1. The van der Waals surface area contributed by atoms with Crippen molar-refractivity contribution in [1.29, 1.82) is 0 Å². The van der Waals surface area contributed by atoms with Gasteiger partial charge in [0.1, 0.15) is 6.61 Å². The van der Waals surface area contributed by atoms with Gasteiger partial charge in [-0.25, -0.2) is 9.18 Å². The van der Waals surface area contributed by atoms with E-state index >= 15 is 0 Å². The maximum absolute atomic E-state index is 13.2. The van der Waals surface area contributed by atoms with Gasteiger partial charge in [-0.3, -0.25) is 0 Å². The molecular formula is C10H11ClFNO3. The van der Waals surface area contributed by atoms with Crippen LogP contribution in [-0.2, 0) is 0 Å². The van der Waals surface area contributed by atoms with E-state index in [-0.39, 0.29) is 23.9 Å². The zero-order chi connectivity index (χ0) is 12.1. The van der Waals surface area contributed by atoms with E-state index in [4.69, 9.17) is 21.4 Å². The minimum absolute atomic E-state index is 0.0585. The molecule has 1 N–H and O–H groups in total. The largest absolute Gasteiger partial charge is 0.489 e. The summed E-state index contributed by atoms with van der Waals surface area (Å²) in [5.41, 5.74) is 0. The molecule has 0 saturated carbocycles. The number of rotatable bonds is 4. The number of likely N-dealkylation sites (N-methyl/N-ethyl adjacent to an activating group) is 1. The van der Waals surface area contributed by atoms with Crippen molar-refractivity contribution < 1.29 is 19.0 Å². The normalized spacial score (nSPS) is 9.94. The number of carboxylic acid groups (broad SMARTS) is 1. The Labute approximate surface area is 97.2 Å². The average Bonchev–Trinajstić information content (AvgIpc) is 2.20. The number of halogens is 2. The van der Waals surface area contributed by atoms with Crippen LogP contribution in [0.3, 0.4) is 0 Å². The lowest BCUT2D eigenvalue weighted by Gasteiger charge is -2.13. The highest BCUT2D eigenvalue weighted by molar-refractivity contribution is 6.30. The number of carbonyl (C=O) groups is 1. The van der Waals surface area contributed by atoms with E-state index in [0.717, 1.165) is 11.0 Å². The fourth-order valence-corrected chi connectivity index (χ4v) is 1.14. The van der Waals surface area contributed by atoms with Crippen LogP contribution in [0.4, 0.5) is 9.18 Å². The van der Waals surface area contributed by atoms with Crippen molar-refractivity contribution >= 4 is 17.7 Å². The van der Waals surface area contributed by atoms with Crippen LogP contribution in [0.5, 0.6) is 5.75 Å². The molecule has 0 aliphatic rings. The molecular weight excluding hydrogens is 237 g/mol. The number of ether oxygens (including phenoxy) is 1. The van der Waals surface area contributed by atoms with Gasteiger partial charge >= 0.3 is 6.09 Å². The van der Waals surface area contributed by atoms with Crippen molar-refractivity contribution in [3.8, 4) is 5.75 Å². The van der Waals surface area contributed by atoms with Crippen molar-refractivity contribution in [2.75, 3.05) is 20.2 Å². The Hall–Kier alpha value is -1.49. The minimum atomic E-state index is -1.06. The summed E-state index contributed by atoms with van der Waals surface area (Å²) in [5, 5.41) is 8.83. The molecule has 1 rings (SSSR count). The lowest BCUT2D eigenvalue weighted by atomic mass is 10.3. The highest BCUT2D eigenvalue weighted by atomic mass is 35.5. The molecule has 0 spiro atoms. The molecule has 0 bridgehead atoms. The molecule has 1 amide bonds. The van der Waals surface area contributed by atoms with Gasteiger partial charge in [0.05, 0.1) is 6.54 Å². The Balaban J connectivity index is 2.46. The summed E-state index contributed by atoms with van der Waals surface area (Å²) in [5.74, 6) is -0.506. The second-order valence-electron chi connectivity index (χ2n) is 3.13. The number of hydrogen-bond acceptors (Lipinski definition) is 2. The van der Waals surface area contributed by atoms with Gasteiger partial charge in [0, 0.05) is 12.1 Å². The van der Waals surface area contributed by atoms with E-state index in [9.17, 15) is 9.18 Å². The highest BCUT2D eigenvalue weighted by Crippen LogP contribution is 2.20. The Morgan fingerprint density at radius 1 is 1.62 bits per heavy atom. The van der Waals surface area contributed by atoms with E-state index < -0.39 is 11.9 Å². The van der Waals surface area contributed by atoms with Gasteiger partial charge in [-0.15, -0.1) is 0 Å². The second-order valence-corrected chi connectivity index (χ2v) is 3.56. The number of benzene rings is 1. The summed E-state index contributed by atoms with van der Waals surface area (Å²) >= 11 is 5.56. The molecule has 6 heteroatoms. The second kappa shape index (κ2) is 5.55. The maximum atomic E-state index is 13.2. The van der Waals surface area contributed by atoms with Gasteiger partial charge in [0.15, 0.2) is 11.6 Å². The molecule has 0 aliphatic carbocycles. The molecule has 1 aromatic rings. The van der Waals surface area contributed by atoms with Crippen LogP contribution in [0.1, 0.15) is 0 Å². The molecule has 1 aromatic carbocycles.